The zero-order valence-corrected chi connectivity index (χ0v) is 9.43. The molecule has 0 amide bonds. The molecule has 1 N–H and O–H groups in total. The number of rotatable bonds is 1. The minimum atomic E-state index is -0.159. The summed E-state index contributed by atoms with van der Waals surface area (Å²) in [6.45, 7) is 6.81. The number of allylic oxidation sites excluding steroid dienone is 1. The van der Waals surface area contributed by atoms with Crippen LogP contribution >= 0.6 is 15.9 Å². The Morgan fingerprint density at radius 2 is 2.25 bits per heavy atom. The fourth-order valence-electron chi connectivity index (χ4n) is 0.853. The molecule has 12 heavy (non-hydrogen) atoms. The van der Waals surface area contributed by atoms with Crippen LogP contribution in [0, 0.1) is 5.41 Å². The highest BCUT2D eigenvalue weighted by molar-refractivity contribution is 9.12. The summed E-state index contributed by atoms with van der Waals surface area (Å²) in [5, 5.41) is 8.93. The summed E-state index contributed by atoms with van der Waals surface area (Å²) in [5.41, 5.74) is -0.159. The monoisotopic (exact) mass is 233 g/mol. The highest BCUT2D eigenvalue weighted by Gasteiger charge is 2.22. The number of nitrogens with zero attached hydrogens (tertiary/aromatic N) is 1. The van der Waals surface area contributed by atoms with Crippen molar-refractivity contribution >= 4 is 22.1 Å². The standard InChI is InChI=1S/C7H10BrNO.C2H6/c1-7(5-10)2-6(8)3-9-4-7;1-2/h2-3,10H,4-5H2,1H3;1-2H3/t7-;/m1./s1. The maximum atomic E-state index is 8.93. The van der Waals surface area contributed by atoms with Gasteiger partial charge in [-0.3, -0.25) is 4.99 Å². The number of dihydropyridines is 1. The number of hydrogen-bond acceptors (Lipinski definition) is 2. The SMILES string of the molecule is CC.C[C@@]1(CO)C=C(Br)C=NC1. The summed E-state index contributed by atoms with van der Waals surface area (Å²) in [6.07, 6.45) is 3.75. The number of aliphatic hydroxyl groups excluding tert-OH is 1. The van der Waals surface area contributed by atoms with Crippen LogP contribution in [0.2, 0.25) is 0 Å². The Morgan fingerprint density at radius 1 is 1.67 bits per heavy atom. The van der Waals surface area contributed by atoms with Crippen LogP contribution < -0.4 is 0 Å². The van der Waals surface area contributed by atoms with E-state index in [0.29, 0.717) is 6.54 Å². The molecule has 1 atom stereocenters. The van der Waals surface area contributed by atoms with E-state index in [0.717, 1.165) is 4.48 Å². The first-order valence-corrected chi connectivity index (χ1v) is 4.95. The van der Waals surface area contributed by atoms with Crippen molar-refractivity contribution in [3.63, 3.8) is 0 Å². The van der Waals surface area contributed by atoms with E-state index in [9.17, 15) is 0 Å². The number of hydrogen-bond donors (Lipinski definition) is 1. The Labute approximate surface area is 82.5 Å². The van der Waals surface area contributed by atoms with Crippen LogP contribution in [0.15, 0.2) is 15.6 Å². The molecule has 0 aromatic rings. The molecule has 0 spiro atoms. The normalized spacial score (nSPS) is 27.2. The van der Waals surface area contributed by atoms with Gasteiger partial charge in [0.2, 0.25) is 0 Å². The molecule has 0 fully saturated rings. The van der Waals surface area contributed by atoms with Gasteiger partial charge >= 0.3 is 0 Å². The second kappa shape index (κ2) is 5.49. The maximum absolute atomic E-state index is 8.93. The summed E-state index contributed by atoms with van der Waals surface area (Å²) in [4.78, 5) is 4.08. The first-order chi connectivity index (χ1) is 5.66. The average Bonchev–Trinajstić information content (AvgIpc) is 2.08. The van der Waals surface area contributed by atoms with Gasteiger partial charge in [0, 0.05) is 16.1 Å². The highest BCUT2D eigenvalue weighted by Crippen LogP contribution is 2.24. The summed E-state index contributed by atoms with van der Waals surface area (Å²) in [7, 11) is 0. The Bertz CT molecular complexity index is 189. The fraction of sp³-hybridized carbons (Fsp3) is 0.667. The molecular weight excluding hydrogens is 218 g/mol. The quantitative estimate of drug-likeness (QED) is 0.742. The summed E-state index contributed by atoms with van der Waals surface area (Å²) in [6, 6.07) is 0. The minimum absolute atomic E-state index is 0.152. The van der Waals surface area contributed by atoms with Crippen LogP contribution in [0.3, 0.4) is 0 Å². The van der Waals surface area contributed by atoms with Gasteiger partial charge in [-0.25, -0.2) is 0 Å². The van der Waals surface area contributed by atoms with Crippen molar-refractivity contribution < 1.29 is 5.11 Å². The molecule has 1 heterocycles. The van der Waals surface area contributed by atoms with E-state index in [-0.39, 0.29) is 12.0 Å². The molecule has 0 saturated heterocycles. The summed E-state index contributed by atoms with van der Waals surface area (Å²) >= 11 is 3.31. The Morgan fingerprint density at radius 3 is 2.58 bits per heavy atom. The van der Waals surface area contributed by atoms with E-state index in [2.05, 4.69) is 20.9 Å². The Hall–Kier alpha value is -0.150. The van der Waals surface area contributed by atoms with Gasteiger partial charge in [0.25, 0.3) is 0 Å². The number of aliphatic imine (C=N–C) groups is 1. The fourth-order valence-corrected chi connectivity index (χ4v) is 1.55. The van der Waals surface area contributed by atoms with Gasteiger partial charge < -0.3 is 5.11 Å². The van der Waals surface area contributed by atoms with Crippen molar-refractivity contribution in [2.45, 2.75) is 20.8 Å². The molecule has 0 radical (unpaired) electrons. The predicted molar refractivity (Wildman–Crippen MR) is 56.9 cm³/mol. The van der Waals surface area contributed by atoms with Gasteiger partial charge in [-0.15, -0.1) is 0 Å². The first-order valence-electron chi connectivity index (χ1n) is 4.15. The molecular formula is C9H16BrNO. The lowest BCUT2D eigenvalue weighted by Gasteiger charge is -2.23. The van der Waals surface area contributed by atoms with Crippen molar-refractivity contribution in [3.05, 3.63) is 10.6 Å². The van der Waals surface area contributed by atoms with Crippen molar-refractivity contribution in [3.8, 4) is 0 Å². The third-order valence-corrected chi connectivity index (χ3v) is 1.95. The van der Waals surface area contributed by atoms with Crippen molar-refractivity contribution in [1.82, 2.24) is 0 Å². The van der Waals surface area contributed by atoms with Crippen LogP contribution in [0.25, 0.3) is 0 Å². The third-order valence-electron chi connectivity index (χ3n) is 1.51. The second-order valence-electron chi connectivity index (χ2n) is 2.81. The zero-order valence-electron chi connectivity index (χ0n) is 7.84. The van der Waals surface area contributed by atoms with E-state index in [4.69, 9.17) is 5.11 Å². The maximum Gasteiger partial charge on any atom is 0.0537 e. The highest BCUT2D eigenvalue weighted by atomic mass is 79.9. The predicted octanol–water partition coefficient (Wildman–Crippen LogP) is 2.37. The minimum Gasteiger partial charge on any atom is -0.395 e. The number of halogens is 1. The summed E-state index contributed by atoms with van der Waals surface area (Å²) < 4.78 is 0.954. The molecule has 0 aromatic heterocycles. The molecule has 2 nitrogen and oxygen atoms in total. The molecule has 3 heteroatoms. The Kier molecular flexibility index (Phi) is 5.42. The Balaban J connectivity index is 0.000000561. The van der Waals surface area contributed by atoms with Gasteiger partial charge in [0.05, 0.1) is 13.2 Å². The molecule has 0 aromatic carbocycles. The van der Waals surface area contributed by atoms with Gasteiger partial charge in [-0.2, -0.15) is 0 Å². The zero-order chi connectivity index (χ0) is 9.61. The van der Waals surface area contributed by atoms with Crippen LogP contribution in [0.5, 0.6) is 0 Å². The molecule has 1 aliphatic rings. The smallest absolute Gasteiger partial charge is 0.0537 e. The molecule has 0 aliphatic carbocycles. The van der Waals surface area contributed by atoms with Crippen LogP contribution in [-0.4, -0.2) is 24.5 Å². The van der Waals surface area contributed by atoms with Gasteiger partial charge in [-0.1, -0.05) is 26.8 Å². The average molecular weight is 234 g/mol. The molecule has 70 valence electrons. The van der Waals surface area contributed by atoms with Crippen molar-refractivity contribution in [2.24, 2.45) is 10.4 Å². The largest absolute Gasteiger partial charge is 0.395 e. The lowest BCUT2D eigenvalue weighted by Crippen LogP contribution is -2.24. The van der Waals surface area contributed by atoms with Crippen LogP contribution in [0.4, 0.5) is 0 Å². The third kappa shape index (κ3) is 3.50. The van der Waals surface area contributed by atoms with Gasteiger partial charge in [0.15, 0.2) is 0 Å². The topological polar surface area (TPSA) is 32.6 Å². The molecule has 0 saturated carbocycles. The number of aliphatic hydroxyl groups is 1. The van der Waals surface area contributed by atoms with E-state index < -0.39 is 0 Å². The molecule has 0 bridgehead atoms. The van der Waals surface area contributed by atoms with E-state index in [1.54, 1.807) is 6.21 Å². The summed E-state index contributed by atoms with van der Waals surface area (Å²) in [5.74, 6) is 0. The van der Waals surface area contributed by atoms with Crippen LogP contribution in [-0.2, 0) is 0 Å². The lowest BCUT2D eigenvalue weighted by atomic mass is 9.90. The van der Waals surface area contributed by atoms with E-state index in [1.807, 2.05) is 26.8 Å². The lowest BCUT2D eigenvalue weighted by molar-refractivity contribution is 0.190. The molecule has 1 aliphatic heterocycles. The van der Waals surface area contributed by atoms with Crippen molar-refractivity contribution in [2.75, 3.05) is 13.2 Å². The van der Waals surface area contributed by atoms with Gasteiger partial charge in [0.1, 0.15) is 0 Å². The van der Waals surface area contributed by atoms with Crippen LogP contribution in [0.1, 0.15) is 20.8 Å². The first kappa shape index (κ1) is 11.8. The van der Waals surface area contributed by atoms with E-state index >= 15 is 0 Å². The second-order valence-corrected chi connectivity index (χ2v) is 3.73. The molecule has 0 unspecified atom stereocenters. The van der Waals surface area contributed by atoms with Crippen molar-refractivity contribution in [1.29, 1.82) is 0 Å². The van der Waals surface area contributed by atoms with Gasteiger partial charge in [-0.05, 0) is 15.9 Å². The van der Waals surface area contributed by atoms with E-state index in [1.165, 1.54) is 0 Å². The molecule has 1 rings (SSSR count).